The lowest BCUT2D eigenvalue weighted by molar-refractivity contribution is -0.226. The van der Waals surface area contributed by atoms with Crippen LogP contribution in [0.1, 0.15) is 70.6 Å². The maximum absolute atomic E-state index is 11.0. The fourth-order valence-electron chi connectivity index (χ4n) is 5.58. The van der Waals surface area contributed by atoms with Gasteiger partial charge in [0.05, 0.1) is 24.9 Å². The highest BCUT2D eigenvalue weighted by Gasteiger charge is 2.45. The topological polar surface area (TPSA) is 113 Å². The van der Waals surface area contributed by atoms with Crippen LogP contribution in [0.15, 0.2) is 36.4 Å². The van der Waals surface area contributed by atoms with Gasteiger partial charge in [0.25, 0.3) is 0 Å². The van der Waals surface area contributed by atoms with Crippen molar-refractivity contribution in [2.75, 3.05) is 26.4 Å². The molecule has 0 aromatic heterocycles. The Bertz CT molecular complexity index is 932. The first-order valence-corrected chi connectivity index (χ1v) is 15.4. The van der Waals surface area contributed by atoms with Crippen LogP contribution in [0.25, 0.3) is 0 Å². The molecule has 2 saturated heterocycles. The summed E-state index contributed by atoms with van der Waals surface area (Å²) in [6.07, 6.45) is 9.91. The number of halogens is 1. The number of carboxylic acids is 1. The molecule has 7 unspecified atom stereocenters. The van der Waals surface area contributed by atoms with E-state index < -0.39 is 18.2 Å². The molecular weight excluding hydrogens is 552 g/mol. The van der Waals surface area contributed by atoms with E-state index in [1.165, 1.54) is 0 Å². The third kappa shape index (κ3) is 11.1. The normalized spacial score (nSPS) is 29.5. The molecule has 1 saturated carbocycles. The number of carbonyl (C=O) groups is 1. The van der Waals surface area contributed by atoms with Gasteiger partial charge in [0.2, 0.25) is 0 Å². The van der Waals surface area contributed by atoms with Crippen molar-refractivity contribution in [3.05, 3.63) is 41.4 Å². The number of benzene rings is 1. The number of aliphatic carboxylic acids is 1. The Morgan fingerprint density at radius 2 is 1.85 bits per heavy atom. The summed E-state index contributed by atoms with van der Waals surface area (Å²) in [5.41, 5.74) is 0. The molecule has 2 N–H and O–H groups in total. The summed E-state index contributed by atoms with van der Waals surface area (Å²) >= 11 is 6.14. The van der Waals surface area contributed by atoms with Crippen LogP contribution in [0.5, 0.6) is 5.75 Å². The van der Waals surface area contributed by atoms with Crippen LogP contribution in [0.4, 0.5) is 0 Å². The molecule has 41 heavy (non-hydrogen) atoms. The SMILES string of the molecule is O=C(O)CCCC=CCC1C(O)CC(OC2CCCCO2)C1OCC(COc1cccc(Cl)c1)OC1CCCCO1. The summed E-state index contributed by atoms with van der Waals surface area (Å²) in [5, 5.41) is 20.5. The van der Waals surface area contributed by atoms with Crippen molar-refractivity contribution in [1.82, 2.24) is 0 Å². The van der Waals surface area contributed by atoms with Gasteiger partial charge in [0.15, 0.2) is 12.6 Å². The lowest BCUT2D eigenvalue weighted by Gasteiger charge is -2.32. The zero-order valence-corrected chi connectivity index (χ0v) is 24.5. The maximum Gasteiger partial charge on any atom is 0.303 e. The number of allylic oxidation sites excluding steroid dienone is 2. The quantitative estimate of drug-likeness (QED) is 0.188. The van der Waals surface area contributed by atoms with E-state index in [4.69, 9.17) is 45.1 Å². The van der Waals surface area contributed by atoms with E-state index in [0.29, 0.717) is 49.7 Å². The molecule has 1 aromatic rings. The molecule has 3 fully saturated rings. The Labute approximate surface area is 248 Å². The average molecular weight is 597 g/mol. The minimum absolute atomic E-state index is 0.142. The van der Waals surface area contributed by atoms with E-state index in [-0.39, 0.29) is 50.3 Å². The summed E-state index contributed by atoms with van der Waals surface area (Å²) in [5.74, 6) is -0.328. The largest absolute Gasteiger partial charge is 0.491 e. The van der Waals surface area contributed by atoms with Gasteiger partial charge in [0.1, 0.15) is 18.5 Å². The van der Waals surface area contributed by atoms with E-state index in [1.54, 1.807) is 12.1 Å². The Balaban J connectivity index is 1.40. The van der Waals surface area contributed by atoms with Crippen molar-refractivity contribution in [3.63, 3.8) is 0 Å². The van der Waals surface area contributed by atoms with Gasteiger partial charge < -0.3 is 38.6 Å². The molecule has 3 aliphatic rings. The van der Waals surface area contributed by atoms with Crippen LogP contribution < -0.4 is 4.74 Å². The average Bonchev–Trinajstić information content (AvgIpc) is 3.26. The smallest absolute Gasteiger partial charge is 0.303 e. The first-order chi connectivity index (χ1) is 20.0. The molecule has 10 heteroatoms. The molecule has 0 amide bonds. The Kier molecular flexibility index (Phi) is 13.7. The van der Waals surface area contributed by atoms with Gasteiger partial charge in [0, 0.05) is 37.0 Å². The molecule has 2 aliphatic heterocycles. The second-order valence-electron chi connectivity index (χ2n) is 11.1. The summed E-state index contributed by atoms with van der Waals surface area (Å²) in [4.78, 5) is 10.8. The first-order valence-electron chi connectivity index (χ1n) is 15.1. The number of ether oxygens (including phenoxy) is 6. The third-order valence-corrected chi connectivity index (χ3v) is 7.98. The monoisotopic (exact) mass is 596 g/mol. The molecule has 230 valence electrons. The summed E-state index contributed by atoms with van der Waals surface area (Å²) in [7, 11) is 0. The molecule has 0 bridgehead atoms. The van der Waals surface area contributed by atoms with Crippen molar-refractivity contribution in [2.45, 2.75) is 108 Å². The molecule has 1 aromatic carbocycles. The Morgan fingerprint density at radius 3 is 2.56 bits per heavy atom. The van der Waals surface area contributed by atoms with Crippen molar-refractivity contribution in [3.8, 4) is 5.75 Å². The predicted octanol–water partition coefficient (Wildman–Crippen LogP) is 5.51. The fourth-order valence-corrected chi connectivity index (χ4v) is 5.76. The zero-order valence-electron chi connectivity index (χ0n) is 23.7. The van der Waals surface area contributed by atoms with Crippen LogP contribution in [-0.2, 0) is 28.5 Å². The number of aliphatic hydroxyl groups is 1. The number of hydrogen-bond donors (Lipinski definition) is 2. The molecule has 2 heterocycles. The maximum atomic E-state index is 11.0. The van der Waals surface area contributed by atoms with Gasteiger partial charge in [-0.15, -0.1) is 0 Å². The predicted molar refractivity (Wildman–Crippen MR) is 153 cm³/mol. The number of hydrogen-bond acceptors (Lipinski definition) is 8. The number of aliphatic hydroxyl groups excluding tert-OH is 1. The highest BCUT2D eigenvalue weighted by atomic mass is 35.5. The molecule has 9 nitrogen and oxygen atoms in total. The number of rotatable bonds is 16. The minimum Gasteiger partial charge on any atom is -0.491 e. The lowest BCUT2D eigenvalue weighted by Crippen LogP contribution is -2.40. The van der Waals surface area contributed by atoms with Crippen LogP contribution >= 0.6 is 11.6 Å². The van der Waals surface area contributed by atoms with Gasteiger partial charge in [-0.2, -0.15) is 0 Å². The highest BCUT2D eigenvalue weighted by Crippen LogP contribution is 2.36. The Hall–Kier alpha value is -1.72. The molecule has 7 atom stereocenters. The van der Waals surface area contributed by atoms with Crippen molar-refractivity contribution < 1.29 is 43.4 Å². The lowest BCUT2D eigenvalue weighted by atomic mass is 9.98. The van der Waals surface area contributed by atoms with Crippen LogP contribution in [0, 0.1) is 5.92 Å². The molecule has 4 rings (SSSR count). The third-order valence-electron chi connectivity index (χ3n) is 7.75. The zero-order chi connectivity index (χ0) is 28.9. The standard InChI is InChI=1S/C31H45ClO9/c32-22-10-9-11-23(18-22)38-20-24(40-29-14-5-7-16-36-29)21-39-31-25(12-3-1-2-4-13-28(34)35)26(33)19-27(31)41-30-15-6-8-17-37-30/h1,3,9-11,18,24-27,29-31,33H,2,4-8,12-17,19-21H2,(H,34,35). The highest BCUT2D eigenvalue weighted by molar-refractivity contribution is 6.30. The number of unbranched alkanes of at least 4 members (excludes halogenated alkanes) is 1. The molecule has 0 radical (unpaired) electrons. The van der Waals surface area contributed by atoms with Crippen molar-refractivity contribution in [1.29, 1.82) is 0 Å². The van der Waals surface area contributed by atoms with Crippen LogP contribution in [-0.4, -0.2) is 79.6 Å². The first kappa shape index (κ1) is 32.2. The molecule has 0 spiro atoms. The molecular formula is C31H45ClO9. The minimum atomic E-state index is -0.794. The second kappa shape index (κ2) is 17.4. The van der Waals surface area contributed by atoms with E-state index in [1.807, 2.05) is 24.3 Å². The van der Waals surface area contributed by atoms with Crippen LogP contribution in [0.2, 0.25) is 5.02 Å². The van der Waals surface area contributed by atoms with Crippen molar-refractivity contribution in [2.24, 2.45) is 5.92 Å². The molecule has 1 aliphatic carbocycles. The summed E-state index contributed by atoms with van der Waals surface area (Å²) < 4.78 is 36.9. The van der Waals surface area contributed by atoms with E-state index in [9.17, 15) is 9.90 Å². The van der Waals surface area contributed by atoms with E-state index >= 15 is 0 Å². The van der Waals surface area contributed by atoms with E-state index in [0.717, 1.165) is 38.5 Å². The summed E-state index contributed by atoms with van der Waals surface area (Å²) in [6, 6.07) is 7.24. The second-order valence-corrected chi connectivity index (χ2v) is 11.5. The van der Waals surface area contributed by atoms with Crippen LogP contribution in [0.3, 0.4) is 0 Å². The van der Waals surface area contributed by atoms with Gasteiger partial charge in [-0.1, -0.05) is 29.8 Å². The Morgan fingerprint density at radius 1 is 1.07 bits per heavy atom. The van der Waals surface area contributed by atoms with Gasteiger partial charge >= 0.3 is 5.97 Å². The summed E-state index contributed by atoms with van der Waals surface area (Å²) in [6.45, 7) is 1.83. The fraction of sp³-hybridized carbons (Fsp3) is 0.710. The number of carboxylic acid groups (broad SMARTS) is 1. The van der Waals surface area contributed by atoms with Gasteiger partial charge in [-0.05, 0) is 76.0 Å². The van der Waals surface area contributed by atoms with E-state index in [2.05, 4.69) is 0 Å². The van der Waals surface area contributed by atoms with Gasteiger partial charge in [-0.3, -0.25) is 4.79 Å². The van der Waals surface area contributed by atoms with Gasteiger partial charge in [-0.25, -0.2) is 0 Å². The van der Waals surface area contributed by atoms with Crippen molar-refractivity contribution >= 4 is 17.6 Å².